The average Bonchev–Trinajstić information content (AvgIpc) is 2.87. The van der Waals surface area contributed by atoms with Crippen molar-refractivity contribution in [2.45, 2.75) is 42.1 Å². The van der Waals surface area contributed by atoms with Gasteiger partial charge in [0.05, 0.1) is 9.79 Å². The molecule has 6 nitrogen and oxygen atoms in total. The van der Waals surface area contributed by atoms with E-state index >= 15 is 0 Å². The average molecular weight is 521 g/mol. The fourth-order valence-corrected chi connectivity index (χ4v) is 6.93. The third-order valence-electron chi connectivity index (χ3n) is 5.96. The molecule has 1 heterocycles. The second-order valence-electron chi connectivity index (χ2n) is 8.46. The largest absolute Gasteiger partial charge is 0.243 e. The summed E-state index contributed by atoms with van der Waals surface area (Å²) >= 11 is 0. The van der Waals surface area contributed by atoms with Crippen molar-refractivity contribution in [1.29, 1.82) is 0 Å². The van der Waals surface area contributed by atoms with Gasteiger partial charge in [0.2, 0.25) is 20.0 Å². The number of benzene rings is 3. The minimum Gasteiger partial charge on any atom is -0.207 e. The van der Waals surface area contributed by atoms with Crippen molar-refractivity contribution < 1.29 is 25.6 Å². The van der Waals surface area contributed by atoms with Gasteiger partial charge in [0, 0.05) is 26.2 Å². The monoisotopic (exact) mass is 520 g/mol. The van der Waals surface area contributed by atoms with Crippen LogP contribution in [0.15, 0.2) is 82.6 Å². The molecular weight excluding hydrogens is 494 g/mol. The molecule has 0 aromatic heterocycles. The molecule has 0 unspecified atom stereocenters. The highest BCUT2D eigenvalue weighted by molar-refractivity contribution is 7.89. The standard InChI is InChI=1S/C25H26F2N2O4S2/c26-22-8-4-20(5-9-22)18-29(19-21-6-10-23(27)11-7-21)35(32,33)25-14-12-24(13-15-25)34(30,31)28-16-2-1-3-17-28/h4-15H,1-3,16-19H2. The van der Waals surface area contributed by atoms with Gasteiger partial charge in [0.15, 0.2) is 0 Å². The molecule has 0 bridgehead atoms. The highest BCUT2D eigenvalue weighted by atomic mass is 32.2. The van der Waals surface area contributed by atoms with E-state index in [-0.39, 0.29) is 22.9 Å². The fourth-order valence-electron chi connectivity index (χ4n) is 4.00. The summed E-state index contributed by atoms with van der Waals surface area (Å²) in [5.41, 5.74) is 1.14. The molecule has 1 fully saturated rings. The van der Waals surface area contributed by atoms with Gasteiger partial charge < -0.3 is 0 Å². The Morgan fingerprint density at radius 3 is 1.51 bits per heavy atom. The van der Waals surface area contributed by atoms with Gasteiger partial charge in [-0.2, -0.15) is 8.61 Å². The van der Waals surface area contributed by atoms with E-state index in [2.05, 4.69) is 0 Å². The summed E-state index contributed by atoms with van der Waals surface area (Å²) in [6.45, 7) is 0.804. The molecule has 0 aliphatic carbocycles. The van der Waals surface area contributed by atoms with Crippen LogP contribution in [0.5, 0.6) is 0 Å². The maximum atomic E-state index is 13.6. The molecular formula is C25H26F2N2O4S2. The van der Waals surface area contributed by atoms with E-state index in [9.17, 15) is 25.6 Å². The number of nitrogens with zero attached hydrogens (tertiary/aromatic N) is 2. The van der Waals surface area contributed by atoms with E-state index < -0.39 is 31.7 Å². The number of halogens is 2. The van der Waals surface area contributed by atoms with Gasteiger partial charge in [-0.05, 0) is 72.5 Å². The molecule has 0 spiro atoms. The van der Waals surface area contributed by atoms with Crippen molar-refractivity contribution in [3.63, 3.8) is 0 Å². The fraction of sp³-hybridized carbons (Fsp3) is 0.280. The molecule has 1 aliphatic heterocycles. The minimum atomic E-state index is -4.07. The molecule has 1 aliphatic rings. The summed E-state index contributed by atoms with van der Waals surface area (Å²) in [4.78, 5) is -0.0266. The maximum Gasteiger partial charge on any atom is 0.243 e. The molecule has 1 saturated heterocycles. The maximum absolute atomic E-state index is 13.6. The highest BCUT2D eigenvalue weighted by Crippen LogP contribution is 2.25. The Labute approximate surface area is 204 Å². The number of piperidine rings is 1. The third-order valence-corrected chi connectivity index (χ3v) is 9.68. The van der Waals surface area contributed by atoms with Crippen molar-refractivity contribution in [1.82, 2.24) is 8.61 Å². The molecule has 0 radical (unpaired) electrons. The Bertz CT molecular complexity index is 1310. The van der Waals surface area contributed by atoms with Crippen LogP contribution in [0.25, 0.3) is 0 Å². The summed E-state index contributed by atoms with van der Waals surface area (Å²) in [5.74, 6) is -0.876. The Kier molecular flexibility index (Phi) is 7.65. The number of rotatable bonds is 8. The summed E-state index contributed by atoms with van der Waals surface area (Å²) in [6.07, 6.45) is 2.59. The molecule has 0 N–H and O–H groups in total. The van der Waals surface area contributed by atoms with Crippen molar-refractivity contribution in [3.8, 4) is 0 Å². The van der Waals surface area contributed by atoms with Gasteiger partial charge in [-0.3, -0.25) is 0 Å². The predicted molar refractivity (Wildman–Crippen MR) is 128 cm³/mol. The molecule has 4 rings (SSSR count). The molecule has 35 heavy (non-hydrogen) atoms. The lowest BCUT2D eigenvalue weighted by molar-refractivity contribution is 0.346. The van der Waals surface area contributed by atoms with E-state index in [1.54, 1.807) is 0 Å². The van der Waals surface area contributed by atoms with Crippen LogP contribution in [-0.2, 0) is 33.1 Å². The van der Waals surface area contributed by atoms with Crippen LogP contribution in [0.4, 0.5) is 8.78 Å². The summed E-state index contributed by atoms with van der Waals surface area (Å²) in [6, 6.07) is 16.2. The van der Waals surface area contributed by atoms with Crippen LogP contribution in [0, 0.1) is 11.6 Å². The second kappa shape index (κ2) is 10.5. The number of hydrogen-bond acceptors (Lipinski definition) is 4. The lowest BCUT2D eigenvalue weighted by Crippen LogP contribution is -2.35. The van der Waals surface area contributed by atoms with E-state index in [1.165, 1.54) is 81.4 Å². The smallest absolute Gasteiger partial charge is 0.207 e. The van der Waals surface area contributed by atoms with Crippen LogP contribution in [0.1, 0.15) is 30.4 Å². The van der Waals surface area contributed by atoms with Crippen LogP contribution in [-0.4, -0.2) is 38.5 Å². The van der Waals surface area contributed by atoms with Gasteiger partial charge in [-0.1, -0.05) is 30.7 Å². The Balaban J connectivity index is 1.63. The van der Waals surface area contributed by atoms with Crippen molar-refractivity contribution in [3.05, 3.63) is 95.6 Å². The number of sulfonamides is 2. The molecule has 0 atom stereocenters. The molecule has 0 saturated carbocycles. The first kappa shape index (κ1) is 25.4. The van der Waals surface area contributed by atoms with Gasteiger partial charge in [-0.25, -0.2) is 25.6 Å². The van der Waals surface area contributed by atoms with Gasteiger partial charge in [-0.15, -0.1) is 0 Å². The van der Waals surface area contributed by atoms with Crippen molar-refractivity contribution in [2.24, 2.45) is 0 Å². The van der Waals surface area contributed by atoms with Crippen molar-refractivity contribution in [2.75, 3.05) is 13.1 Å². The summed E-state index contributed by atoms with van der Waals surface area (Å²) in [5, 5.41) is 0. The van der Waals surface area contributed by atoms with Crippen LogP contribution in [0.3, 0.4) is 0 Å². The zero-order chi connectivity index (χ0) is 25.1. The van der Waals surface area contributed by atoms with E-state index in [0.717, 1.165) is 19.3 Å². The first-order chi connectivity index (χ1) is 16.7. The topological polar surface area (TPSA) is 74.8 Å². The zero-order valence-corrected chi connectivity index (χ0v) is 20.6. The van der Waals surface area contributed by atoms with E-state index in [1.807, 2.05) is 0 Å². The summed E-state index contributed by atoms with van der Waals surface area (Å²) < 4.78 is 82.3. The number of hydrogen-bond donors (Lipinski definition) is 0. The van der Waals surface area contributed by atoms with E-state index in [4.69, 9.17) is 0 Å². The molecule has 186 valence electrons. The molecule has 10 heteroatoms. The normalized spacial score (nSPS) is 15.4. The first-order valence-electron chi connectivity index (χ1n) is 11.3. The second-order valence-corrected chi connectivity index (χ2v) is 12.3. The SMILES string of the molecule is O=S(=O)(c1ccc(S(=O)(=O)N(Cc2ccc(F)cc2)Cc2ccc(F)cc2)cc1)N1CCCCC1. The Morgan fingerprint density at radius 2 is 1.06 bits per heavy atom. The van der Waals surface area contributed by atoms with Gasteiger partial charge >= 0.3 is 0 Å². The summed E-state index contributed by atoms with van der Waals surface area (Å²) in [7, 11) is -7.76. The van der Waals surface area contributed by atoms with Crippen molar-refractivity contribution >= 4 is 20.0 Å². The highest BCUT2D eigenvalue weighted by Gasteiger charge is 2.28. The molecule has 3 aromatic rings. The van der Waals surface area contributed by atoms with Crippen LogP contribution >= 0.6 is 0 Å². The van der Waals surface area contributed by atoms with E-state index in [0.29, 0.717) is 24.2 Å². The third kappa shape index (κ3) is 5.95. The first-order valence-corrected chi connectivity index (χ1v) is 14.1. The minimum absolute atomic E-state index is 0.0435. The Morgan fingerprint density at radius 1 is 0.629 bits per heavy atom. The quantitative estimate of drug-likeness (QED) is 0.437. The van der Waals surface area contributed by atoms with Gasteiger partial charge in [0.25, 0.3) is 0 Å². The molecule has 0 amide bonds. The van der Waals surface area contributed by atoms with Crippen LogP contribution < -0.4 is 0 Å². The Hall–Kier alpha value is -2.66. The van der Waals surface area contributed by atoms with Gasteiger partial charge in [0.1, 0.15) is 11.6 Å². The predicted octanol–water partition coefficient (Wildman–Crippen LogP) is 4.53. The lowest BCUT2D eigenvalue weighted by Gasteiger charge is -2.26. The van der Waals surface area contributed by atoms with Crippen LogP contribution in [0.2, 0.25) is 0 Å². The zero-order valence-electron chi connectivity index (χ0n) is 19.0. The molecule has 3 aromatic carbocycles. The lowest BCUT2D eigenvalue weighted by atomic mass is 10.2.